The van der Waals surface area contributed by atoms with Gasteiger partial charge in [0.2, 0.25) is 5.91 Å². The van der Waals surface area contributed by atoms with Gasteiger partial charge in [-0.15, -0.1) is 0 Å². The standard InChI is InChI=1S/C59H101N2O6P/c1-6-8-10-12-14-16-18-20-22-23-24-25-26-27-28-29-30-31-32-33-34-35-36-37-39-41-43-45-47-49-51-53-59(63)60-57(56-67-68(64,65)66-55-54-61(3,4)5)58(62)52-50-48-46-44-42-40-38-21-19-17-15-13-11-9-7-2/h8,10,14,16,20,22,24-25,27-28,30-31,33-34,36-37,41,43,50,52,57-58,62H,6-7,9,11-13,15,17-19,21,23,26,29,32,35,38-40,42,44-49,51,53-56H2,1-5H3,(H-,60,63,64,65)/p+1/b10-8-,16-14-,22-20-,25-24-,28-27-,31-30-,34-33-,37-36-,43-41-,52-50+. The van der Waals surface area contributed by atoms with Crippen LogP contribution in [-0.2, 0) is 18.4 Å². The van der Waals surface area contributed by atoms with E-state index in [1.807, 2.05) is 27.2 Å². The summed E-state index contributed by atoms with van der Waals surface area (Å²) in [5.41, 5.74) is 0. The van der Waals surface area contributed by atoms with Crippen molar-refractivity contribution in [2.45, 2.75) is 206 Å². The molecule has 0 aromatic rings. The summed E-state index contributed by atoms with van der Waals surface area (Å²) in [4.78, 5) is 23.2. The second-order valence-corrected chi connectivity index (χ2v) is 20.3. The van der Waals surface area contributed by atoms with Crippen LogP contribution < -0.4 is 5.32 Å². The van der Waals surface area contributed by atoms with E-state index >= 15 is 0 Å². The number of likely N-dealkylation sites (N-methyl/N-ethyl adjacent to an activating group) is 1. The third-order valence-electron chi connectivity index (χ3n) is 11.2. The van der Waals surface area contributed by atoms with Gasteiger partial charge >= 0.3 is 7.82 Å². The monoisotopic (exact) mass is 966 g/mol. The lowest BCUT2D eigenvalue weighted by Crippen LogP contribution is -2.45. The van der Waals surface area contributed by atoms with Crippen LogP contribution in [0, 0.1) is 0 Å². The molecule has 3 N–H and O–H groups in total. The van der Waals surface area contributed by atoms with Gasteiger partial charge in [0, 0.05) is 6.42 Å². The van der Waals surface area contributed by atoms with Crippen molar-refractivity contribution >= 4 is 13.7 Å². The Morgan fingerprint density at radius 3 is 1.29 bits per heavy atom. The number of carbonyl (C=O) groups is 1. The van der Waals surface area contributed by atoms with E-state index in [1.54, 1.807) is 6.08 Å². The third-order valence-corrected chi connectivity index (χ3v) is 12.2. The number of allylic oxidation sites excluding steroid dienone is 19. The first-order valence-electron chi connectivity index (χ1n) is 26.9. The Labute approximate surface area is 418 Å². The van der Waals surface area contributed by atoms with E-state index in [2.05, 4.69) is 129 Å². The fourth-order valence-electron chi connectivity index (χ4n) is 6.97. The summed E-state index contributed by atoms with van der Waals surface area (Å²) in [5.74, 6) is -0.214. The van der Waals surface area contributed by atoms with Crippen LogP contribution in [0.3, 0.4) is 0 Å². The molecule has 0 aliphatic rings. The molecule has 0 aromatic heterocycles. The summed E-state index contributed by atoms with van der Waals surface area (Å²) in [6.45, 7) is 4.65. The maximum absolute atomic E-state index is 12.9. The first-order chi connectivity index (χ1) is 33.0. The molecule has 0 radical (unpaired) electrons. The third kappa shape index (κ3) is 50.8. The molecule has 0 aliphatic heterocycles. The van der Waals surface area contributed by atoms with E-state index in [0.717, 1.165) is 103 Å². The topological polar surface area (TPSA) is 105 Å². The second-order valence-electron chi connectivity index (χ2n) is 18.9. The number of hydrogen-bond donors (Lipinski definition) is 3. The van der Waals surface area contributed by atoms with E-state index in [0.29, 0.717) is 17.4 Å². The lowest BCUT2D eigenvalue weighted by molar-refractivity contribution is -0.870. The number of aliphatic hydroxyl groups is 1. The van der Waals surface area contributed by atoms with Crippen LogP contribution in [0.4, 0.5) is 0 Å². The van der Waals surface area contributed by atoms with E-state index in [1.165, 1.54) is 70.6 Å². The summed E-state index contributed by atoms with van der Waals surface area (Å²) in [7, 11) is 1.53. The summed E-state index contributed by atoms with van der Waals surface area (Å²) < 4.78 is 23.6. The van der Waals surface area contributed by atoms with Crippen molar-refractivity contribution < 1.29 is 32.9 Å². The molecule has 8 nitrogen and oxygen atoms in total. The van der Waals surface area contributed by atoms with Crippen molar-refractivity contribution in [3.05, 3.63) is 122 Å². The smallest absolute Gasteiger partial charge is 0.387 e. The molecule has 3 unspecified atom stereocenters. The van der Waals surface area contributed by atoms with Crippen molar-refractivity contribution in [2.75, 3.05) is 40.9 Å². The van der Waals surface area contributed by atoms with Crippen LogP contribution >= 0.6 is 7.82 Å². The summed E-state index contributed by atoms with van der Waals surface area (Å²) in [5, 5.41) is 13.9. The van der Waals surface area contributed by atoms with Crippen LogP contribution in [0.15, 0.2) is 122 Å². The number of quaternary nitrogens is 1. The highest BCUT2D eigenvalue weighted by Gasteiger charge is 2.27. The average molecular weight is 966 g/mol. The number of phosphoric acid groups is 1. The van der Waals surface area contributed by atoms with Gasteiger partial charge < -0.3 is 19.8 Å². The maximum Gasteiger partial charge on any atom is 0.472 e. The minimum atomic E-state index is -4.36. The van der Waals surface area contributed by atoms with Gasteiger partial charge in [0.15, 0.2) is 0 Å². The molecule has 3 atom stereocenters. The normalized spacial score (nSPS) is 15.0. The molecule has 0 saturated carbocycles. The first kappa shape index (κ1) is 64.9. The van der Waals surface area contributed by atoms with Gasteiger partial charge in [0.25, 0.3) is 0 Å². The number of rotatable bonds is 47. The van der Waals surface area contributed by atoms with Gasteiger partial charge in [-0.25, -0.2) is 4.57 Å². The molecular weight excluding hydrogens is 864 g/mol. The number of unbranched alkanes of at least 4 members (excludes halogenated alkanes) is 16. The minimum absolute atomic E-state index is 0.0478. The molecule has 9 heteroatoms. The number of phosphoric ester groups is 1. The Bertz CT molecular complexity index is 1510. The van der Waals surface area contributed by atoms with Gasteiger partial charge in [0.05, 0.1) is 39.9 Å². The lowest BCUT2D eigenvalue weighted by Gasteiger charge is -2.25. The molecule has 0 aromatic carbocycles. The van der Waals surface area contributed by atoms with Crippen molar-refractivity contribution in [3.63, 3.8) is 0 Å². The van der Waals surface area contributed by atoms with Crippen molar-refractivity contribution in [3.8, 4) is 0 Å². The molecular formula is C59H102N2O6P+. The number of nitrogens with zero attached hydrogens (tertiary/aromatic N) is 1. The number of amides is 1. The molecule has 0 aliphatic carbocycles. The zero-order valence-electron chi connectivity index (χ0n) is 44.0. The van der Waals surface area contributed by atoms with Gasteiger partial charge in [0.1, 0.15) is 13.2 Å². The Morgan fingerprint density at radius 2 is 0.882 bits per heavy atom. The quantitative estimate of drug-likeness (QED) is 0.0243. The molecule has 68 heavy (non-hydrogen) atoms. The molecule has 0 fully saturated rings. The van der Waals surface area contributed by atoms with Gasteiger partial charge in [-0.3, -0.25) is 13.8 Å². The summed E-state index contributed by atoms with van der Waals surface area (Å²) in [6, 6.07) is -0.873. The maximum atomic E-state index is 12.9. The molecule has 1 amide bonds. The van der Waals surface area contributed by atoms with Crippen LogP contribution in [0.2, 0.25) is 0 Å². The van der Waals surface area contributed by atoms with E-state index in [9.17, 15) is 19.4 Å². The molecule has 0 bridgehead atoms. The Morgan fingerprint density at radius 1 is 0.515 bits per heavy atom. The van der Waals surface area contributed by atoms with Crippen molar-refractivity contribution in [1.29, 1.82) is 0 Å². The zero-order chi connectivity index (χ0) is 49.9. The lowest BCUT2D eigenvalue weighted by atomic mass is 10.0. The first-order valence-corrected chi connectivity index (χ1v) is 28.4. The number of nitrogens with one attached hydrogen (secondary N) is 1. The molecule has 0 spiro atoms. The van der Waals surface area contributed by atoms with Crippen LogP contribution in [0.5, 0.6) is 0 Å². The summed E-state index contributed by atoms with van der Waals surface area (Å²) in [6.07, 6.45) is 72.8. The fraction of sp³-hybridized carbons (Fsp3) is 0.644. The van der Waals surface area contributed by atoms with E-state index in [4.69, 9.17) is 9.05 Å². The number of aliphatic hydroxyl groups excluding tert-OH is 1. The van der Waals surface area contributed by atoms with Crippen LogP contribution in [-0.4, -0.2) is 73.4 Å². The van der Waals surface area contributed by atoms with Crippen LogP contribution in [0.1, 0.15) is 194 Å². The highest BCUT2D eigenvalue weighted by molar-refractivity contribution is 7.47. The molecule has 0 rings (SSSR count). The predicted molar refractivity (Wildman–Crippen MR) is 295 cm³/mol. The SMILES string of the molecule is CC/C=C\C/C=C\C/C=C\C/C=C\C/C=C\C/C=C\C/C=C\C/C=C\C/C=C\CCCCCC(=O)NC(COP(=O)(O)OCC[N+](C)(C)C)C(O)/C=C/CCCCCCCCCCCCCCC. The van der Waals surface area contributed by atoms with Gasteiger partial charge in [-0.1, -0.05) is 219 Å². The summed E-state index contributed by atoms with van der Waals surface area (Å²) >= 11 is 0. The zero-order valence-corrected chi connectivity index (χ0v) is 44.9. The fourth-order valence-corrected chi connectivity index (χ4v) is 7.71. The minimum Gasteiger partial charge on any atom is -0.387 e. The van der Waals surface area contributed by atoms with Crippen molar-refractivity contribution in [1.82, 2.24) is 5.32 Å². The molecule has 0 heterocycles. The largest absolute Gasteiger partial charge is 0.472 e. The molecule has 0 saturated heterocycles. The highest BCUT2D eigenvalue weighted by Crippen LogP contribution is 2.43. The van der Waals surface area contributed by atoms with E-state index < -0.39 is 20.0 Å². The highest BCUT2D eigenvalue weighted by atomic mass is 31.2. The second kappa shape index (κ2) is 48.9. The number of hydrogen-bond acceptors (Lipinski definition) is 5. The van der Waals surface area contributed by atoms with Crippen LogP contribution in [0.25, 0.3) is 0 Å². The Hall–Kier alpha value is -3.10. The number of carbonyl (C=O) groups excluding carboxylic acids is 1. The predicted octanol–water partition coefficient (Wildman–Crippen LogP) is 16.2. The average Bonchev–Trinajstić information content (AvgIpc) is 3.30. The molecule has 388 valence electrons. The van der Waals surface area contributed by atoms with Gasteiger partial charge in [-0.05, 0) is 89.9 Å². The Kier molecular flexibility index (Phi) is 46.7. The van der Waals surface area contributed by atoms with E-state index in [-0.39, 0.29) is 19.1 Å². The Balaban J connectivity index is 4.35. The van der Waals surface area contributed by atoms with Gasteiger partial charge in [-0.2, -0.15) is 0 Å². The van der Waals surface area contributed by atoms with Crippen molar-refractivity contribution in [2.24, 2.45) is 0 Å².